The van der Waals surface area contributed by atoms with E-state index in [1.807, 2.05) is 6.92 Å². The molecule has 7 nitrogen and oxygen atoms in total. The summed E-state index contributed by atoms with van der Waals surface area (Å²) in [4.78, 5) is 12.0. The van der Waals surface area contributed by atoms with Gasteiger partial charge in [-0.3, -0.25) is 4.79 Å². The molecular weight excluding hydrogens is 314 g/mol. The number of hydrogen-bond donors (Lipinski definition) is 2. The highest BCUT2D eigenvalue weighted by molar-refractivity contribution is 7.99. The molecule has 0 aliphatic rings. The SMILES string of the molecule is CCCCCC(C)NC(=O)CSc1nnc(-c2ccco2)n1N. The van der Waals surface area contributed by atoms with Crippen LogP contribution in [-0.4, -0.2) is 32.6 Å². The molecule has 0 fully saturated rings. The molecule has 0 aromatic carbocycles. The van der Waals surface area contributed by atoms with Crippen molar-refractivity contribution in [1.29, 1.82) is 0 Å². The summed E-state index contributed by atoms with van der Waals surface area (Å²) >= 11 is 1.25. The number of nitrogens with zero attached hydrogens (tertiary/aromatic N) is 3. The van der Waals surface area contributed by atoms with Crippen LogP contribution in [0.25, 0.3) is 11.6 Å². The van der Waals surface area contributed by atoms with Gasteiger partial charge in [0.15, 0.2) is 5.76 Å². The van der Waals surface area contributed by atoms with Crippen LogP contribution < -0.4 is 11.2 Å². The maximum absolute atomic E-state index is 12.0. The smallest absolute Gasteiger partial charge is 0.230 e. The van der Waals surface area contributed by atoms with Crippen molar-refractivity contribution in [2.45, 2.75) is 50.7 Å². The highest BCUT2D eigenvalue weighted by Crippen LogP contribution is 2.21. The van der Waals surface area contributed by atoms with Gasteiger partial charge in [-0.25, -0.2) is 4.68 Å². The Morgan fingerprint density at radius 2 is 2.30 bits per heavy atom. The zero-order valence-electron chi connectivity index (χ0n) is 13.5. The predicted molar refractivity (Wildman–Crippen MR) is 90.3 cm³/mol. The molecule has 1 amide bonds. The lowest BCUT2D eigenvalue weighted by Crippen LogP contribution is -2.33. The number of aromatic nitrogens is 3. The van der Waals surface area contributed by atoms with Crippen LogP contribution in [-0.2, 0) is 4.79 Å². The normalized spacial score (nSPS) is 12.3. The number of amides is 1. The van der Waals surface area contributed by atoms with Gasteiger partial charge in [-0.1, -0.05) is 37.9 Å². The van der Waals surface area contributed by atoms with Gasteiger partial charge in [-0.05, 0) is 25.5 Å². The molecular formula is C15H23N5O2S. The van der Waals surface area contributed by atoms with E-state index in [0.717, 1.165) is 12.8 Å². The zero-order chi connectivity index (χ0) is 16.7. The zero-order valence-corrected chi connectivity index (χ0v) is 14.3. The molecule has 8 heteroatoms. The first-order chi connectivity index (χ1) is 11.1. The molecule has 2 heterocycles. The standard InChI is InChI=1S/C15H23N5O2S/c1-3-4-5-7-11(2)17-13(21)10-23-15-19-18-14(20(15)16)12-8-6-9-22-12/h6,8-9,11H,3-5,7,10,16H2,1-2H3,(H,17,21). The second-order valence-corrected chi connectivity index (χ2v) is 6.35. The predicted octanol–water partition coefficient (Wildman–Crippen LogP) is 2.43. The number of nitrogen functional groups attached to an aromatic ring is 1. The van der Waals surface area contributed by atoms with Gasteiger partial charge in [0.2, 0.25) is 16.9 Å². The third kappa shape index (κ3) is 5.02. The third-order valence-corrected chi connectivity index (χ3v) is 4.33. The average molecular weight is 337 g/mol. The minimum Gasteiger partial charge on any atom is -0.461 e. The largest absolute Gasteiger partial charge is 0.461 e. The van der Waals surface area contributed by atoms with Gasteiger partial charge in [-0.2, -0.15) is 0 Å². The fourth-order valence-corrected chi connectivity index (χ4v) is 2.84. The van der Waals surface area contributed by atoms with Crippen molar-refractivity contribution in [2.24, 2.45) is 0 Å². The Bertz CT molecular complexity index is 611. The van der Waals surface area contributed by atoms with Crippen LogP contribution in [0.15, 0.2) is 28.0 Å². The molecule has 0 aliphatic heterocycles. The van der Waals surface area contributed by atoms with Crippen LogP contribution >= 0.6 is 11.8 Å². The Morgan fingerprint density at radius 3 is 3.00 bits per heavy atom. The van der Waals surface area contributed by atoms with Gasteiger partial charge in [0.25, 0.3) is 0 Å². The third-order valence-electron chi connectivity index (χ3n) is 3.39. The Morgan fingerprint density at radius 1 is 1.48 bits per heavy atom. The van der Waals surface area contributed by atoms with Crippen molar-refractivity contribution in [3.05, 3.63) is 18.4 Å². The molecule has 2 aromatic heterocycles. The molecule has 3 N–H and O–H groups in total. The van der Waals surface area contributed by atoms with E-state index in [-0.39, 0.29) is 17.7 Å². The second-order valence-electron chi connectivity index (χ2n) is 5.41. The lowest BCUT2D eigenvalue weighted by Gasteiger charge is -2.13. The summed E-state index contributed by atoms with van der Waals surface area (Å²) in [6, 6.07) is 3.69. The lowest BCUT2D eigenvalue weighted by molar-refractivity contribution is -0.119. The van der Waals surface area contributed by atoms with Crippen molar-refractivity contribution in [3.8, 4) is 11.6 Å². The summed E-state index contributed by atoms with van der Waals surface area (Å²) in [5.74, 6) is 7.15. The van der Waals surface area contributed by atoms with Gasteiger partial charge in [0.05, 0.1) is 12.0 Å². The number of furan rings is 1. The quantitative estimate of drug-likeness (QED) is 0.414. The summed E-state index contributed by atoms with van der Waals surface area (Å²) in [6.45, 7) is 4.19. The van der Waals surface area contributed by atoms with Crippen molar-refractivity contribution in [2.75, 3.05) is 11.6 Å². The number of hydrogen-bond acceptors (Lipinski definition) is 6. The maximum Gasteiger partial charge on any atom is 0.230 e. The average Bonchev–Trinajstić information content (AvgIpc) is 3.15. The molecule has 0 bridgehead atoms. The topological polar surface area (TPSA) is 99.0 Å². The summed E-state index contributed by atoms with van der Waals surface area (Å²) in [6.07, 6.45) is 6.06. The van der Waals surface area contributed by atoms with E-state index >= 15 is 0 Å². The van der Waals surface area contributed by atoms with E-state index < -0.39 is 0 Å². The molecule has 2 aromatic rings. The molecule has 0 spiro atoms. The van der Waals surface area contributed by atoms with Gasteiger partial charge in [0, 0.05) is 6.04 Å². The summed E-state index contributed by atoms with van der Waals surface area (Å²) < 4.78 is 6.58. The van der Waals surface area contributed by atoms with Crippen molar-refractivity contribution < 1.29 is 9.21 Å². The summed E-state index contributed by atoms with van der Waals surface area (Å²) in [7, 11) is 0. The van der Waals surface area contributed by atoms with E-state index in [9.17, 15) is 4.79 Å². The molecule has 0 radical (unpaired) electrons. The number of nitrogens with two attached hydrogens (primary N) is 1. The van der Waals surface area contributed by atoms with Crippen LogP contribution in [0.5, 0.6) is 0 Å². The fourth-order valence-electron chi connectivity index (χ4n) is 2.17. The number of nitrogens with one attached hydrogen (secondary N) is 1. The first-order valence-corrected chi connectivity index (χ1v) is 8.77. The molecule has 0 saturated heterocycles. The monoisotopic (exact) mass is 337 g/mol. The van der Waals surface area contributed by atoms with Crippen molar-refractivity contribution in [1.82, 2.24) is 20.2 Å². The number of carbonyl (C=O) groups excluding carboxylic acids is 1. The van der Waals surface area contributed by atoms with Crippen LogP contribution in [0.4, 0.5) is 0 Å². The number of thioether (sulfide) groups is 1. The van der Waals surface area contributed by atoms with E-state index in [4.69, 9.17) is 10.3 Å². The molecule has 2 rings (SSSR count). The summed E-state index contributed by atoms with van der Waals surface area (Å²) in [5, 5.41) is 11.4. The number of unbranched alkanes of at least 4 members (excludes halogenated alkanes) is 2. The fraction of sp³-hybridized carbons (Fsp3) is 0.533. The highest BCUT2D eigenvalue weighted by Gasteiger charge is 2.16. The van der Waals surface area contributed by atoms with Crippen molar-refractivity contribution in [3.63, 3.8) is 0 Å². The highest BCUT2D eigenvalue weighted by atomic mass is 32.2. The first kappa shape index (κ1) is 17.4. The molecule has 1 unspecified atom stereocenters. The van der Waals surface area contributed by atoms with Gasteiger partial charge >= 0.3 is 0 Å². The van der Waals surface area contributed by atoms with Gasteiger partial charge in [0.1, 0.15) is 0 Å². The minimum atomic E-state index is -0.0263. The maximum atomic E-state index is 12.0. The van der Waals surface area contributed by atoms with E-state index in [1.165, 1.54) is 29.3 Å². The lowest BCUT2D eigenvalue weighted by atomic mass is 10.1. The Balaban J connectivity index is 1.81. The summed E-state index contributed by atoms with van der Waals surface area (Å²) in [5.41, 5.74) is 0. The molecule has 0 aliphatic carbocycles. The number of carbonyl (C=O) groups is 1. The van der Waals surface area contributed by atoms with Crippen LogP contribution in [0.1, 0.15) is 39.5 Å². The van der Waals surface area contributed by atoms with Crippen molar-refractivity contribution >= 4 is 17.7 Å². The van der Waals surface area contributed by atoms with E-state index in [1.54, 1.807) is 18.4 Å². The van der Waals surface area contributed by atoms with Gasteiger partial charge in [-0.15, -0.1) is 10.2 Å². The Hall–Kier alpha value is -1.96. The molecule has 1 atom stereocenters. The van der Waals surface area contributed by atoms with Gasteiger partial charge < -0.3 is 15.6 Å². The molecule has 0 saturated carbocycles. The Labute approximate surface area is 140 Å². The minimum absolute atomic E-state index is 0.0263. The van der Waals surface area contributed by atoms with E-state index in [2.05, 4.69) is 22.4 Å². The molecule has 23 heavy (non-hydrogen) atoms. The first-order valence-electron chi connectivity index (χ1n) is 7.78. The second kappa shape index (κ2) is 8.61. The molecule has 126 valence electrons. The van der Waals surface area contributed by atoms with E-state index in [0.29, 0.717) is 16.7 Å². The van der Waals surface area contributed by atoms with Crippen LogP contribution in [0.3, 0.4) is 0 Å². The number of rotatable bonds is 9. The van der Waals surface area contributed by atoms with Crippen LogP contribution in [0.2, 0.25) is 0 Å². The van der Waals surface area contributed by atoms with Crippen LogP contribution in [0, 0.1) is 0 Å². The Kier molecular flexibility index (Phi) is 6.52.